The van der Waals surface area contributed by atoms with Gasteiger partial charge in [0, 0.05) is 18.8 Å². The summed E-state index contributed by atoms with van der Waals surface area (Å²) >= 11 is 0. The van der Waals surface area contributed by atoms with Crippen molar-refractivity contribution in [3.05, 3.63) is 54.1 Å². The van der Waals surface area contributed by atoms with Crippen molar-refractivity contribution >= 4 is 21.6 Å². The summed E-state index contributed by atoms with van der Waals surface area (Å²) in [6.45, 7) is 7.29. The minimum Gasteiger partial charge on any atom is -0.481 e. The Morgan fingerprint density at radius 2 is 1.67 bits per heavy atom. The summed E-state index contributed by atoms with van der Waals surface area (Å²) in [5.74, 6) is 0.650. The molecule has 0 radical (unpaired) electrons. The second-order valence-electron chi connectivity index (χ2n) is 7.48. The highest BCUT2D eigenvalue weighted by Crippen LogP contribution is 2.27. The number of nitrogens with one attached hydrogen (secondary N) is 1. The molecule has 2 aromatic rings. The van der Waals surface area contributed by atoms with Gasteiger partial charge in [-0.25, -0.2) is 8.42 Å². The maximum atomic E-state index is 12.7. The second kappa shape index (κ2) is 9.59. The lowest BCUT2D eigenvalue weighted by atomic mass is 10.0. The lowest BCUT2D eigenvalue weighted by molar-refractivity contribution is -0.122. The number of carbonyl (C=O) groups excluding carboxylic acids is 1. The molecule has 2 aromatic carbocycles. The van der Waals surface area contributed by atoms with Gasteiger partial charge in [0.1, 0.15) is 5.75 Å². The quantitative estimate of drug-likeness (QED) is 0.726. The third-order valence-electron chi connectivity index (χ3n) is 4.94. The van der Waals surface area contributed by atoms with Crippen LogP contribution >= 0.6 is 0 Å². The van der Waals surface area contributed by atoms with Crippen molar-refractivity contribution in [2.75, 3.05) is 31.6 Å². The van der Waals surface area contributed by atoms with E-state index in [0.717, 1.165) is 5.56 Å². The maximum absolute atomic E-state index is 12.7. The highest BCUT2D eigenvalue weighted by atomic mass is 32.2. The van der Waals surface area contributed by atoms with E-state index in [0.29, 0.717) is 37.7 Å². The average Bonchev–Trinajstić information content (AvgIpc) is 2.75. The van der Waals surface area contributed by atoms with E-state index >= 15 is 0 Å². The van der Waals surface area contributed by atoms with E-state index in [9.17, 15) is 13.2 Å². The minimum absolute atomic E-state index is 0.192. The largest absolute Gasteiger partial charge is 0.481 e. The van der Waals surface area contributed by atoms with Crippen molar-refractivity contribution < 1.29 is 22.7 Å². The third-order valence-corrected chi connectivity index (χ3v) is 6.86. The lowest BCUT2D eigenvalue weighted by Crippen LogP contribution is -2.40. The Balaban J connectivity index is 1.64. The summed E-state index contributed by atoms with van der Waals surface area (Å²) in [4.78, 5) is 12.7. The molecule has 1 aliphatic heterocycles. The SMILES string of the molecule is CC(C)c1ccccc1O[C@@H](C)C(=O)Nc1ccc(S(=O)(=O)N2CCOCC2)cc1. The molecule has 8 heteroatoms. The van der Waals surface area contributed by atoms with Gasteiger partial charge in [-0.15, -0.1) is 0 Å². The van der Waals surface area contributed by atoms with Gasteiger partial charge in [0.15, 0.2) is 6.10 Å². The number of anilines is 1. The molecule has 0 saturated carbocycles. The standard InChI is InChI=1S/C22H28N2O5S/c1-16(2)20-6-4-5-7-21(20)29-17(3)22(25)23-18-8-10-19(11-9-18)30(26,27)24-12-14-28-15-13-24/h4-11,16-17H,12-15H2,1-3H3,(H,23,25)/t17-/m0/s1. The molecule has 1 atom stereocenters. The fraction of sp³-hybridized carbons (Fsp3) is 0.409. The molecule has 1 amide bonds. The summed E-state index contributed by atoms with van der Waals surface area (Å²) in [5.41, 5.74) is 1.54. The number of rotatable bonds is 7. The van der Waals surface area contributed by atoms with Crippen molar-refractivity contribution in [3.8, 4) is 5.75 Å². The zero-order chi connectivity index (χ0) is 21.7. The molecule has 7 nitrogen and oxygen atoms in total. The van der Waals surface area contributed by atoms with E-state index in [2.05, 4.69) is 19.2 Å². The Morgan fingerprint density at radius 1 is 1.03 bits per heavy atom. The van der Waals surface area contributed by atoms with Crippen LogP contribution in [0.1, 0.15) is 32.3 Å². The highest BCUT2D eigenvalue weighted by Gasteiger charge is 2.26. The zero-order valence-electron chi connectivity index (χ0n) is 17.5. The number of carbonyl (C=O) groups is 1. The van der Waals surface area contributed by atoms with Gasteiger partial charge in [0.2, 0.25) is 10.0 Å². The molecule has 0 bridgehead atoms. The summed E-state index contributed by atoms with van der Waals surface area (Å²) < 4.78 is 37.9. The molecule has 162 valence electrons. The number of morpholine rings is 1. The van der Waals surface area contributed by atoms with Gasteiger partial charge in [-0.2, -0.15) is 4.31 Å². The fourth-order valence-electron chi connectivity index (χ4n) is 3.20. The van der Waals surface area contributed by atoms with E-state index in [1.165, 1.54) is 16.4 Å². The first-order valence-corrected chi connectivity index (χ1v) is 11.5. The zero-order valence-corrected chi connectivity index (χ0v) is 18.3. The van der Waals surface area contributed by atoms with Gasteiger partial charge in [-0.1, -0.05) is 32.0 Å². The van der Waals surface area contributed by atoms with Crippen LogP contribution in [-0.4, -0.2) is 51.0 Å². The molecule has 1 aliphatic rings. The molecule has 0 spiro atoms. The topological polar surface area (TPSA) is 84.9 Å². The third kappa shape index (κ3) is 5.19. The normalized spacial score (nSPS) is 16.3. The van der Waals surface area contributed by atoms with Crippen LogP contribution in [-0.2, 0) is 19.6 Å². The molecule has 0 unspecified atom stereocenters. The van der Waals surface area contributed by atoms with Crippen molar-refractivity contribution in [1.29, 1.82) is 0 Å². The van der Waals surface area contributed by atoms with Crippen LogP contribution in [0.5, 0.6) is 5.75 Å². The second-order valence-corrected chi connectivity index (χ2v) is 9.42. The Bertz CT molecular complexity index is 967. The lowest BCUT2D eigenvalue weighted by Gasteiger charge is -2.26. The molecule has 1 heterocycles. The first kappa shape index (κ1) is 22.3. The fourth-order valence-corrected chi connectivity index (χ4v) is 4.61. The van der Waals surface area contributed by atoms with Crippen molar-refractivity contribution in [1.82, 2.24) is 4.31 Å². The van der Waals surface area contributed by atoms with E-state index < -0.39 is 16.1 Å². The van der Waals surface area contributed by atoms with Crippen LogP contribution in [0.2, 0.25) is 0 Å². The molecule has 1 saturated heterocycles. The Labute approximate surface area is 178 Å². The number of hydrogen-bond acceptors (Lipinski definition) is 5. The summed E-state index contributed by atoms with van der Waals surface area (Å²) in [6, 6.07) is 13.8. The van der Waals surface area contributed by atoms with E-state index in [-0.39, 0.29) is 16.7 Å². The number of sulfonamides is 1. The predicted octanol–water partition coefficient (Wildman–Crippen LogP) is 3.24. The van der Waals surface area contributed by atoms with Crippen LogP contribution < -0.4 is 10.1 Å². The number of para-hydroxylation sites is 1. The molecule has 3 rings (SSSR count). The van der Waals surface area contributed by atoms with E-state index in [4.69, 9.17) is 9.47 Å². The number of nitrogens with zero attached hydrogens (tertiary/aromatic N) is 1. The number of ether oxygens (including phenoxy) is 2. The van der Waals surface area contributed by atoms with Crippen molar-refractivity contribution in [3.63, 3.8) is 0 Å². The first-order chi connectivity index (χ1) is 14.3. The van der Waals surface area contributed by atoms with Gasteiger partial charge in [0.05, 0.1) is 18.1 Å². The van der Waals surface area contributed by atoms with E-state index in [1.54, 1.807) is 19.1 Å². The van der Waals surface area contributed by atoms with Crippen LogP contribution in [0.3, 0.4) is 0 Å². The van der Waals surface area contributed by atoms with Crippen LogP contribution in [0.4, 0.5) is 5.69 Å². The van der Waals surface area contributed by atoms with Gasteiger partial charge < -0.3 is 14.8 Å². The number of amides is 1. The molecule has 0 aromatic heterocycles. The number of hydrogen-bond donors (Lipinski definition) is 1. The van der Waals surface area contributed by atoms with Crippen molar-refractivity contribution in [2.45, 2.75) is 37.7 Å². The summed E-state index contributed by atoms with van der Waals surface area (Å²) in [6.07, 6.45) is -0.707. The molecular weight excluding hydrogens is 404 g/mol. The Kier molecular flexibility index (Phi) is 7.12. The Hall–Kier alpha value is -2.42. The molecule has 1 fully saturated rings. The monoisotopic (exact) mass is 432 g/mol. The summed E-state index contributed by atoms with van der Waals surface area (Å²) in [5, 5.41) is 2.78. The first-order valence-electron chi connectivity index (χ1n) is 10.0. The number of benzene rings is 2. The van der Waals surface area contributed by atoms with E-state index in [1.807, 2.05) is 24.3 Å². The summed E-state index contributed by atoms with van der Waals surface area (Å²) in [7, 11) is -3.56. The molecule has 30 heavy (non-hydrogen) atoms. The average molecular weight is 433 g/mol. The minimum atomic E-state index is -3.56. The molecule has 0 aliphatic carbocycles. The smallest absolute Gasteiger partial charge is 0.265 e. The van der Waals surface area contributed by atoms with Gasteiger partial charge >= 0.3 is 0 Å². The maximum Gasteiger partial charge on any atom is 0.265 e. The Morgan fingerprint density at radius 3 is 2.30 bits per heavy atom. The van der Waals surface area contributed by atoms with Gasteiger partial charge in [-0.3, -0.25) is 4.79 Å². The van der Waals surface area contributed by atoms with Crippen molar-refractivity contribution in [2.24, 2.45) is 0 Å². The predicted molar refractivity (Wildman–Crippen MR) is 115 cm³/mol. The molecule has 1 N–H and O–H groups in total. The molecular formula is C22H28N2O5S. The highest BCUT2D eigenvalue weighted by molar-refractivity contribution is 7.89. The van der Waals surface area contributed by atoms with Crippen LogP contribution in [0, 0.1) is 0 Å². The van der Waals surface area contributed by atoms with Gasteiger partial charge in [0.25, 0.3) is 5.91 Å². The van der Waals surface area contributed by atoms with Crippen LogP contribution in [0.15, 0.2) is 53.4 Å². The van der Waals surface area contributed by atoms with Crippen LogP contribution in [0.25, 0.3) is 0 Å². The van der Waals surface area contributed by atoms with Gasteiger partial charge in [-0.05, 0) is 48.7 Å².